The molecular formula is C9H12N2O3S. The van der Waals surface area contributed by atoms with Crippen molar-refractivity contribution in [3.05, 3.63) is 24.3 Å². The average Bonchev–Trinajstić information content (AvgIpc) is 2.38. The van der Waals surface area contributed by atoms with E-state index in [-0.39, 0.29) is 0 Å². The summed E-state index contributed by atoms with van der Waals surface area (Å²) in [6, 6.07) is 6.97. The van der Waals surface area contributed by atoms with Crippen LogP contribution in [-0.4, -0.2) is 21.6 Å². The Morgan fingerprint density at radius 1 is 1.33 bits per heavy atom. The first kappa shape index (κ1) is 10.3. The Kier molecular flexibility index (Phi) is 2.54. The summed E-state index contributed by atoms with van der Waals surface area (Å²) in [5.74, 6) is 0.559. The molecule has 0 aliphatic carbocycles. The Hall–Kier alpha value is -1.27. The van der Waals surface area contributed by atoms with E-state index in [4.69, 9.17) is 9.88 Å². The lowest BCUT2D eigenvalue weighted by molar-refractivity contribution is 0.322. The van der Waals surface area contributed by atoms with Crippen molar-refractivity contribution in [3.8, 4) is 5.75 Å². The number of benzene rings is 1. The Bertz CT molecular complexity index is 458. The molecule has 0 bridgehead atoms. The second-order valence-electron chi connectivity index (χ2n) is 3.29. The SMILES string of the molecule is NS(=O)(=O)N1CCCOc2ccccc21. The summed E-state index contributed by atoms with van der Waals surface area (Å²) in [4.78, 5) is 0. The molecule has 6 heteroatoms. The minimum Gasteiger partial charge on any atom is -0.491 e. The molecule has 0 unspecified atom stereocenters. The summed E-state index contributed by atoms with van der Waals surface area (Å²) in [6.07, 6.45) is 0.630. The summed E-state index contributed by atoms with van der Waals surface area (Å²) in [6.45, 7) is 0.860. The molecule has 0 fully saturated rings. The van der Waals surface area contributed by atoms with E-state index in [0.717, 1.165) is 0 Å². The maximum Gasteiger partial charge on any atom is 0.299 e. The highest BCUT2D eigenvalue weighted by Crippen LogP contribution is 2.31. The van der Waals surface area contributed by atoms with Crippen molar-refractivity contribution in [2.45, 2.75) is 6.42 Å². The summed E-state index contributed by atoms with van der Waals surface area (Å²) in [7, 11) is -3.71. The van der Waals surface area contributed by atoms with Crippen LogP contribution in [0.25, 0.3) is 0 Å². The number of fused-ring (bicyclic) bond motifs is 1. The Morgan fingerprint density at radius 3 is 2.80 bits per heavy atom. The van der Waals surface area contributed by atoms with Crippen molar-refractivity contribution in [2.75, 3.05) is 17.5 Å². The van der Waals surface area contributed by atoms with Gasteiger partial charge in [0.25, 0.3) is 10.2 Å². The molecule has 5 nitrogen and oxygen atoms in total. The molecule has 0 saturated carbocycles. The first-order valence-electron chi connectivity index (χ1n) is 4.61. The number of nitrogens with zero attached hydrogens (tertiary/aromatic N) is 1. The van der Waals surface area contributed by atoms with Crippen molar-refractivity contribution >= 4 is 15.9 Å². The largest absolute Gasteiger partial charge is 0.491 e. The van der Waals surface area contributed by atoms with Crippen LogP contribution in [0.5, 0.6) is 5.75 Å². The molecule has 0 aromatic heterocycles. The first-order valence-corrected chi connectivity index (χ1v) is 6.11. The van der Waals surface area contributed by atoms with Crippen LogP contribution in [-0.2, 0) is 10.2 Å². The number of hydrogen-bond donors (Lipinski definition) is 1. The van der Waals surface area contributed by atoms with Gasteiger partial charge in [-0.2, -0.15) is 8.42 Å². The molecule has 0 atom stereocenters. The van der Waals surface area contributed by atoms with Gasteiger partial charge in [0.2, 0.25) is 0 Å². The smallest absolute Gasteiger partial charge is 0.299 e. The van der Waals surface area contributed by atoms with E-state index in [1.807, 2.05) is 0 Å². The molecular weight excluding hydrogens is 216 g/mol. The lowest BCUT2D eigenvalue weighted by Crippen LogP contribution is -2.37. The monoisotopic (exact) mass is 228 g/mol. The fraction of sp³-hybridized carbons (Fsp3) is 0.333. The van der Waals surface area contributed by atoms with Gasteiger partial charge in [-0.15, -0.1) is 0 Å². The molecule has 15 heavy (non-hydrogen) atoms. The molecule has 1 aromatic carbocycles. The number of rotatable bonds is 1. The van der Waals surface area contributed by atoms with Gasteiger partial charge in [0.1, 0.15) is 5.75 Å². The zero-order valence-electron chi connectivity index (χ0n) is 8.09. The van der Waals surface area contributed by atoms with Gasteiger partial charge in [0.05, 0.1) is 12.3 Å². The van der Waals surface area contributed by atoms with E-state index in [0.29, 0.717) is 31.0 Å². The topological polar surface area (TPSA) is 72.6 Å². The molecule has 1 aliphatic rings. The zero-order valence-corrected chi connectivity index (χ0v) is 8.90. The molecule has 0 amide bonds. The molecule has 0 saturated heterocycles. The van der Waals surface area contributed by atoms with Crippen molar-refractivity contribution in [1.29, 1.82) is 0 Å². The normalized spacial score (nSPS) is 16.5. The molecule has 82 valence electrons. The zero-order chi connectivity index (χ0) is 10.9. The van der Waals surface area contributed by atoms with Crippen LogP contribution >= 0.6 is 0 Å². The minimum atomic E-state index is -3.71. The van der Waals surface area contributed by atoms with Crippen molar-refractivity contribution < 1.29 is 13.2 Å². The third-order valence-electron chi connectivity index (χ3n) is 2.20. The van der Waals surface area contributed by atoms with Gasteiger partial charge in [0, 0.05) is 13.0 Å². The molecule has 1 heterocycles. The standard InChI is InChI=1S/C9H12N2O3S/c10-15(12,13)11-6-3-7-14-9-5-2-1-4-8(9)11/h1-2,4-5H,3,6-7H2,(H2,10,12,13). The van der Waals surface area contributed by atoms with Gasteiger partial charge in [-0.25, -0.2) is 5.14 Å². The molecule has 0 spiro atoms. The van der Waals surface area contributed by atoms with E-state index < -0.39 is 10.2 Å². The molecule has 2 N–H and O–H groups in total. The van der Waals surface area contributed by atoms with E-state index >= 15 is 0 Å². The van der Waals surface area contributed by atoms with Crippen molar-refractivity contribution in [3.63, 3.8) is 0 Å². The Labute approximate surface area is 88.6 Å². The predicted molar refractivity (Wildman–Crippen MR) is 57.0 cm³/mol. The number of nitrogens with two attached hydrogens (primary N) is 1. The Morgan fingerprint density at radius 2 is 2.07 bits per heavy atom. The van der Waals surface area contributed by atoms with Gasteiger partial charge in [-0.1, -0.05) is 12.1 Å². The summed E-state index contributed by atoms with van der Waals surface area (Å²) in [5, 5.41) is 5.14. The highest BCUT2D eigenvalue weighted by Gasteiger charge is 2.23. The number of hydrogen-bond acceptors (Lipinski definition) is 3. The lowest BCUT2D eigenvalue weighted by Gasteiger charge is -2.20. The fourth-order valence-electron chi connectivity index (χ4n) is 1.56. The number of para-hydroxylation sites is 2. The van der Waals surface area contributed by atoms with E-state index in [1.165, 1.54) is 4.31 Å². The molecule has 0 radical (unpaired) electrons. The maximum atomic E-state index is 11.3. The van der Waals surface area contributed by atoms with E-state index in [1.54, 1.807) is 24.3 Å². The second kappa shape index (κ2) is 3.71. The highest BCUT2D eigenvalue weighted by atomic mass is 32.2. The lowest BCUT2D eigenvalue weighted by atomic mass is 10.3. The quantitative estimate of drug-likeness (QED) is 0.759. The van der Waals surface area contributed by atoms with Crippen molar-refractivity contribution in [2.24, 2.45) is 5.14 Å². The first-order chi connectivity index (χ1) is 7.09. The van der Waals surface area contributed by atoms with Crippen LogP contribution in [0.4, 0.5) is 5.69 Å². The summed E-state index contributed by atoms with van der Waals surface area (Å²) >= 11 is 0. The average molecular weight is 228 g/mol. The van der Waals surface area contributed by atoms with E-state index in [2.05, 4.69) is 0 Å². The third kappa shape index (κ3) is 2.05. The fourth-order valence-corrected chi connectivity index (χ4v) is 2.37. The third-order valence-corrected chi connectivity index (χ3v) is 3.20. The van der Waals surface area contributed by atoms with Crippen LogP contribution in [0.3, 0.4) is 0 Å². The van der Waals surface area contributed by atoms with E-state index in [9.17, 15) is 8.42 Å². The number of anilines is 1. The van der Waals surface area contributed by atoms with Crippen LogP contribution < -0.4 is 14.2 Å². The predicted octanol–water partition coefficient (Wildman–Crippen LogP) is 0.479. The van der Waals surface area contributed by atoms with Gasteiger partial charge >= 0.3 is 0 Å². The van der Waals surface area contributed by atoms with Gasteiger partial charge in [-0.3, -0.25) is 4.31 Å². The van der Waals surface area contributed by atoms with Crippen LogP contribution in [0, 0.1) is 0 Å². The minimum absolute atomic E-state index is 0.357. The van der Waals surface area contributed by atoms with Gasteiger partial charge < -0.3 is 4.74 Å². The van der Waals surface area contributed by atoms with Crippen molar-refractivity contribution in [1.82, 2.24) is 0 Å². The molecule has 1 aromatic rings. The van der Waals surface area contributed by atoms with Gasteiger partial charge in [-0.05, 0) is 12.1 Å². The summed E-state index contributed by atoms with van der Waals surface area (Å²) in [5.41, 5.74) is 0.512. The second-order valence-corrected chi connectivity index (χ2v) is 4.76. The highest BCUT2D eigenvalue weighted by molar-refractivity contribution is 7.90. The van der Waals surface area contributed by atoms with Crippen LogP contribution in [0.1, 0.15) is 6.42 Å². The Balaban J connectivity index is 2.51. The maximum absolute atomic E-state index is 11.3. The van der Waals surface area contributed by atoms with Gasteiger partial charge in [0.15, 0.2) is 0 Å². The number of ether oxygens (including phenoxy) is 1. The van der Waals surface area contributed by atoms with Crippen LogP contribution in [0.15, 0.2) is 24.3 Å². The van der Waals surface area contributed by atoms with Crippen LogP contribution in [0.2, 0.25) is 0 Å². The molecule has 1 aliphatic heterocycles. The summed E-state index contributed by atoms with van der Waals surface area (Å²) < 4.78 is 29.3. The molecule has 2 rings (SSSR count).